The Labute approximate surface area is 141 Å². The van der Waals surface area contributed by atoms with E-state index in [2.05, 4.69) is 105 Å². The van der Waals surface area contributed by atoms with E-state index in [4.69, 9.17) is 0 Å². The molecule has 0 bridgehead atoms. The van der Waals surface area contributed by atoms with Gasteiger partial charge in [0.25, 0.3) is 0 Å². The molecule has 3 aromatic carbocycles. The second kappa shape index (κ2) is 6.10. The third-order valence-electron chi connectivity index (χ3n) is 3.20. The molecule has 0 amide bonds. The van der Waals surface area contributed by atoms with Gasteiger partial charge in [-0.3, -0.25) is 0 Å². The summed E-state index contributed by atoms with van der Waals surface area (Å²) < 4.78 is 2.36. The molecule has 0 heterocycles. The molecular formula is C18H12BrI. The molecule has 0 aliphatic rings. The predicted molar refractivity (Wildman–Crippen MR) is 97.7 cm³/mol. The molecule has 0 radical (unpaired) electrons. The summed E-state index contributed by atoms with van der Waals surface area (Å²) in [5.41, 5.74) is 4.97. The minimum atomic E-state index is 1.11. The lowest BCUT2D eigenvalue weighted by molar-refractivity contribution is 1.56. The van der Waals surface area contributed by atoms with E-state index in [0.29, 0.717) is 0 Å². The quantitative estimate of drug-likeness (QED) is 0.410. The van der Waals surface area contributed by atoms with Crippen LogP contribution in [0.15, 0.2) is 77.3 Å². The standard InChI is InChI=1S/C18H12BrI/c19-17-6-2-5-16(12-17)15-4-1-3-14(11-15)13-7-9-18(20)10-8-13/h1-12H. The largest absolute Gasteiger partial charge is 0.0610 e. The predicted octanol–water partition coefficient (Wildman–Crippen LogP) is 6.39. The molecule has 0 atom stereocenters. The number of benzene rings is 3. The Hall–Kier alpha value is -1.13. The maximum Gasteiger partial charge on any atom is 0.0181 e. The third-order valence-corrected chi connectivity index (χ3v) is 4.41. The maximum atomic E-state index is 3.53. The third kappa shape index (κ3) is 3.13. The molecule has 0 aliphatic heterocycles. The lowest BCUT2D eigenvalue weighted by Gasteiger charge is -2.07. The molecule has 0 aromatic heterocycles. The van der Waals surface area contributed by atoms with Crippen LogP contribution in [0.1, 0.15) is 0 Å². The van der Waals surface area contributed by atoms with Gasteiger partial charge in [-0.05, 0) is 75.2 Å². The smallest absolute Gasteiger partial charge is 0.0181 e. The van der Waals surface area contributed by atoms with E-state index < -0.39 is 0 Å². The number of rotatable bonds is 2. The van der Waals surface area contributed by atoms with Crippen LogP contribution in [0, 0.1) is 3.57 Å². The van der Waals surface area contributed by atoms with Crippen molar-refractivity contribution in [2.75, 3.05) is 0 Å². The second-order valence-electron chi connectivity index (χ2n) is 4.60. The van der Waals surface area contributed by atoms with Crippen molar-refractivity contribution < 1.29 is 0 Å². The summed E-state index contributed by atoms with van der Waals surface area (Å²) in [6, 6.07) is 25.7. The van der Waals surface area contributed by atoms with Gasteiger partial charge in [0.2, 0.25) is 0 Å². The van der Waals surface area contributed by atoms with E-state index in [-0.39, 0.29) is 0 Å². The van der Waals surface area contributed by atoms with Crippen molar-refractivity contribution in [1.82, 2.24) is 0 Å². The van der Waals surface area contributed by atoms with Crippen LogP contribution in [-0.4, -0.2) is 0 Å². The maximum absolute atomic E-state index is 3.53. The molecule has 3 rings (SSSR count). The van der Waals surface area contributed by atoms with Crippen molar-refractivity contribution in [3.8, 4) is 22.3 Å². The van der Waals surface area contributed by atoms with Crippen LogP contribution in [0.3, 0.4) is 0 Å². The molecule has 2 heteroatoms. The molecule has 0 spiro atoms. The van der Waals surface area contributed by atoms with Gasteiger partial charge in [-0.2, -0.15) is 0 Å². The first-order valence-corrected chi connectivity index (χ1v) is 8.21. The molecular weight excluding hydrogens is 423 g/mol. The lowest BCUT2D eigenvalue weighted by Crippen LogP contribution is -1.82. The fourth-order valence-corrected chi connectivity index (χ4v) is 2.95. The fourth-order valence-electron chi connectivity index (χ4n) is 2.19. The summed E-state index contributed by atoms with van der Waals surface area (Å²) >= 11 is 5.86. The zero-order valence-corrected chi connectivity index (χ0v) is 14.4. The molecule has 0 aliphatic carbocycles. The Bertz CT molecular complexity index is 732. The molecule has 0 unspecified atom stereocenters. The normalized spacial score (nSPS) is 10.5. The molecule has 0 fully saturated rings. The summed E-state index contributed by atoms with van der Waals surface area (Å²) in [5.74, 6) is 0. The molecule has 0 nitrogen and oxygen atoms in total. The monoisotopic (exact) mass is 434 g/mol. The zero-order valence-electron chi connectivity index (χ0n) is 10.7. The Kier molecular flexibility index (Phi) is 4.22. The highest BCUT2D eigenvalue weighted by Crippen LogP contribution is 2.28. The lowest BCUT2D eigenvalue weighted by atomic mass is 9.99. The number of hydrogen-bond donors (Lipinski definition) is 0. The summed E-state index contributed by atoms with van der Waals surface area (Å²) in [5, 5.41) is 0. The van der Waals surface area contributed by atoms with Crippen LogP contribution in [0.4, 0.5) is 0 Å². The van der Waals surface area contributed by atoms with E-state index in [9.17, 15) is 0 Å². The Balaban J connectivity index is 2.03. The fraction of sp³-hybridized carbons (Fsp3) is 0. The molecule has 3 aromatic rings. The topological polar surface area (TPSA) is 0 Å². The highest BCUT2D eigenvalue weighted by atomic mass is 127. The summed E-state index contributed by atoms with van der Waals surface area (Å²) in [4.78, 5) is 0. The van der Waals surface area contributed by atoms with Gasteiger partial charge in [-0.15, -0.1) is 0 Å². The van der Waals surface area contributed by atoms with Gasteiger partial charge in [-0.25, -0.2) is 0 Å². The minimum absolute atomic E-state index is 1.11. The van der Waals surface area contributed by atoms with Crippen molar-refractivity contribution in [1.29, 1.82) is 0 Å². The van der Waals surface area contributed by atoms with Gasteiger partial charge in [-0.1, -0.05) is 58.4 Å². The minimum Gasteiger partial charge on any atom is -0.0610 e. The average Bonchev–Trinajstić information content (AvgIpc) is 2.48. The number of halogens is 2. The van der Waals surface area contributed by atoms with Crippen LogP contribution < -0.4 is 0 Å². The molecule has 98 valence electrons. The van der Waals surface area contributed by atoms with E-state index in [1.54, 1.807) is 0 Å². The van der Waals surface area contributed by atoms with Crippen LogP contribution in [0.5, 0.6) is 0 Å². The highest BCUT2D eigenvalue weighted by molar-refractivity contribution is 14.1. The van der Waals surface area contributed by atoms with E-state index in [0.717, 1.165) is 4.47 Å². The molecule has 20 heavy (non-hydrogen) atoms. The van der Waals surface area contributed by atoms with Gasteiger partial charge in [0.1, 0.15) is 0 Å². The average molecular weight is 435 g/mol. The van der Waals surface area contributed by atoms with Crippen molar-refractivity contribution in [3.05, 3.63) is 80.8 Å². The number of hydrogen-bond acceptors (Lipinski definition) is 0. The zero-order chi connectivity index (χ0) is 13.9. The van der Waals surface area contributed by atoms with Gasteiger partial charge in [0.15, 0.2) is 0 Å². The first kappa shape index (κ1) is 13.8. The van der Waals surface area contributed by atoms with Crippen LogP contribution >= 0.6 is 38.5 Å². The van der Waals surface area contributed by atoms with Crippen LogP contribution in [-0.2, 0) is 0 Å². The molecule has 0 saturated heterocycles. The summed E-state index contributed by atoms with van der Waals surface area (Å²) in [7, 11) is 0. The van der Waals surface area contributed by atoms with E-state index in [1.807, 2.05) is 6.07 Å². The highest BCUT2D eigenvalue weighted by Gasteiger charge is 2.02. The molecule has 0 saturated carbocycles. The first-order chi connectivity index (χ1) is 9.72. The summed E-state index contributed by atoms with van der Waals surface area (Å²) in [6.45, 7) is 0. The second-order valence-corrected chi connectivity index (χ2v) is 6.76. The van der Waals surface area contributed by atoms with E-state index >= 15 is 0 Å². The van der Waals surface area contributed by atoms with Crippen LogP contribution in [0.25, 0.3) is 22.3 Å². The Morgan fingerprint density at radius 1 is 0.600 bits per heavy atom. The van der Waals surface area contributed by atoms with Crippen molar-refractivity contribution >= 4 is 38.5 Å². The first-order valence-electron chi connectivity index (χ1n) is 6.34. The SMILES string of the molecule is Brc1cccc(-c2cccc(-c3ccc(I)cc3)c2)c1. The Morgan fingerprint density at radius 3 is 1.80 bits per heavy atom. The van der Waals surface area contributed by atoms with Crippen molar-refractivity contribution in [2.24, 2.45) is 0 Å². The van der Waals surface area contributed by atoms with E-state index in [1.165, 1.54) is 25.8 Å². The van der Waals surface area contributed by atoms with Gasteiger partial charge in [0, 0.05) is 8.04 Å². The van der Waals surface area contributed by atoms with Crippen LogP contribution in [0.2, 0.25) is 0 Å². The van der Waals surface area contributed by atoms with Crippen molar-refractivity contribution in [3.63, 3.8) is 0 Å². The van der Waals surface area contributed by atoms with Gasteiger partial charge < -0.3 is 0 Å². The van der Waals surface area contributed by atoms with Gasteiger partial charge >= 0.3 is 0 Å². The summed E-state index contributed by atoms with van der Waals surface area (Å²) in [6.07, 6.45) is 0. The van der Waals surface area contributed by atoms with Gasteiger partial charge in [0.05, 0.1) is 0 Å². The van der Waals surface area contributed by atoms with Crippen molar-refractivity contribution in [2.45, 2.75) is 0 Å². The molecule has 0 N–H and O–H groups in total. The Morgan fingerprint density at radius 2 is 1.15 bits per heavy atom.